The Morgan fingerprint density at radius 3 is 2.48 bits per heavy atom. The summed E-state index contributed by atoms with van der Waals surface area (Å²) in [7, 11) is 3.31. The lowest BCUT2D eigenvalue weighted by molar-refractivity contribution is 0.186. The van der Waals surface area contributed by atoms with E-state index in [1.54, 1.807) is 26.6 Å². The van der Waals surface area contributed by atoms with Crippen molar-refractivity contribution in [1.82, 2.24) is 15.2 Å². The maximum absolute atomic E-state index is 10.4. The van der Waals surface area contributed by atoms with Crippen LogP contribution >= 0.6 is 24.0 Å². The highest BCUT2D eigenvalue weighted by atomic mass is 127. The fourth-order valence-electron chi connectivity index (χ4n) is 3.35. The van der Waals surface area contributed by atoms with Gasteiger partial charge in [-0.1, -0.05) is 0 Å². The minimum atomic E-state index is -0.655. The van der Waals surface area contributed by atoms with E-state index >= 15 is 0 Å². The molecule has 2 N–H and O–H groups in total. The SMILES string of the molecule is CCNC(=NCC(O)c1ccncc1)N1CCc2cc(OC)c(OC)cc2C1.I. The molecule has 2 heterocycles. The number of pyridine rings is 1. The van der Waals surface area contributed by atoms with Crippen molar-refractivity contribution in [2.45, 2.75) is 26.0 Å². The lowest BCUT2D eigenvalue weighted by atomic mass is 9.99. The molecule has 7 nitrogen and oxygen atoms in total. The van der Waals surface area contributed by atoms with E-state index in [0.29, 0.717) is 6.54 Å². The molecule has 1 aliphatic rings. The molecule has 0 saturated carbocycles. The second-order valence-corrected chi connectivity index (χ2v) is 6.64. The molecular weight excluding hydrogens is 483 g/mol. The van der Waals surface area contributed by atoms with Crippen molar-refractivity contribution in [3.05, 3.63) is 53.3 Å². The number of rotatable bonds is 6. The molecule has 8 heteroatoms. The second-order valence-electron chi connectivity index (χ2n) is 6.64. The maximum atomic E-state index is 10.4. The van der Waals surface area contributed by atoms with E-state index in [-0.39, 0.29) is 24.0 Å². The number of fused-ring (bicyclic) bond motifs is 1. The van der Waals surface area contributed by atoms with E-state index in [1.807, 2.05) is 25.1 Å². The molecule has 1 aromatic heterocycles. The van der Waals surface area contributed by atoms with Crippen LogP contribution in [0, 0.1) is 0 Å². The average molecular weight is 512 g/mol. The van der Waals surface area contributed by atoms with Gasteiger partial charge in [0.05, 0.1) is 26.9 Å². The molecule has 29 heavy (non-hydrogen) atoms. The molecule has 1 atom stereocenters. The van der Waals surface area contributed by atoms with Crippen LogP contribution in [0.1, 0.15) is 29.7 Å². The molecule has 0 bridgehead atoms. The quantitative estimate of drug-likeness (QED) is 0.352. The van der Waals surface area contributed by atoms with Crippen LogP contribution in [0.25, 0.3) is 0 Å². The summed E-state index contributed by atoms with van der Waals surface area (Å²) in [5, 5.41) is 13.7. The molecule has 0 radical (unpaired) electrons. The number of aliphatic hydroxyl groups is 1. The molecule has 1 unspecified atom stereocenters. The van der Waals surface area contributed by atoms with Crippen LogP contribution in [0.15, 0.2) is 41.7 Å². The molecular formula is C21H29IN4O3. The van der Waals surface area contributed by atoms with Gasteiger partial charge in [0.15, 0.2) is 17.5 Å². The molecule has 3 rings (SSSR count). The average Bonchev–Trinajstić information content (AvgIpc) is 2.75. The third-order valence-electron chi connectivity index (χ3n) is 4.86. The van der Waals surface area contributed by atoms with Crippen molar-refractivity contribution in [2.75, 3.05) is 33.9 Å². The summed E-state index contributed by atoms with van der Waals surface area (Å²) < 4.78 is 10.9. The molecule has 2 aromatic rings. The lowest BCUT2D eigenvalue weighted by Gasteiger charge is -2.32. The number of hydrogen-bond acceptors (Lipinski definition) is 5. The van der Waals surface area contributed by atoms with Crippen LogP contribution in [0.4, 0.5) is 0 Å². The highest BCUT2D eigenvalue weighted by molar-refractivity contribution is 14.0. The van der Waals surface area contributed by atoms with Crippen molar-refractivity contribution in [2.24, 2.45) is 4.99 Å². The Morgan fingerprint density at radius 1 is 1.21 bits per heavy atom. The van der Waals surface area contributed by atoms with Gasteiger partial charge in [0.25, 0.3) is 0 Å². The van der Waals surface area contributed by atoms with Crippen LogP contribution in [-0.2, 0) is 13.0 Å². The smallest absolute Gasteiger partial charge is 0.194 e. The van der Waals surface area contributed by atoms with Gasteiger partial charge in [0.1, 0.15) is 0 Å². The summed E-state index contributed by atoms with van der Waals surface area (Å²) in [5.41, 5.74) is 3.28. The number of nitrogens with one attached hydrogen (secondary N) is 1. The first kappa shape index (κ1) is 23.2. The molecule has 1 aromatic carbocycles. The Hall–Kier alpha value is -2.07. The Labute approximate surface area is 189 Å². The number of hydrogen-bond donors (Lipinski definition) is 2. The molecule has 0 saturated heterocycles. The zero-order chi connectivity index (χ0) is 19.9. The monoisotopic (exact) mass is 512 g/mol. The Kier molecular flexibility index (Phi) is 8.97. The molecule has 0 fully saturated rings. The third kappa shape index (κ3) is 5.72. The Balaban J connectivity index is 0.00000300. The van der Waals surface area contributed by atoms with Crippen LogP contribution in [-0.4, -0.2) is 54.8 Å². The summed E-state index contributed by atoms with van der Waals surface area (Å²) in [5.74, 6) is 2.30. The first-order valence-corrected chi connectivity index (χ1v) is 9.51. The predicted octanol–water partition coefficient (Wildman–Crippen LogP) is 2.77. The van der Waals surface area contributed by atoms with Crippen molar-refractivity contribution < 1.29 is 14.6 Å². The van der Waals surface area contributed by atoms with Gasteiger partial charge in [-0.25, -0.2) is 0 Å². The molecule has 0 spiro atoms. The summed E-state index contributed by atoms with van der Waals surface area (Å²) in [4.78, 5) is 10.9. The summed E-state index contributed by atoms with van der Waals surface area (Å²) in [6.07, 6.45) is 3.60. The number of ether oxygens (including phenoxy) is 2. The first-order chi connectivity index (χ1) is 13.7. The first-order valence-electron chi connectivity index (χ1n) is 9.51. The highest BCUT2D eigenvalue weighted by Gasteiger charge is 2.22. The van der Waals surface area contributed by atoms with Gasteiger partial charge in [0, 0.05) is 32.0 Å². The maximum Gasteiger partial charge on any atom is 0.194 e. The minimum Gasteiger partial charge on any atom is -0.493 e. The normalized spacial score (nSPS) is 14.5. The lowest BCUT2D eigenvalue weighted by Crippen LogP contribution is -2.44. The van der Waals surface area contributed by atoms with E-state index in [2.05, 4.69) is 26.3 Å². The Bertz CT molecular complexity index is 817. The molecule has 1 aliphatic heterocycles. The van der Waals surface area contributed by atoms with E-state index in [4.69, 9.17) is 9.47 Å². The number of aromatic nitrogens is 1. The van der Waals surface area contributed by atoms with Gasteiger partial charge in [-0.2, -0.15) is 0 Å². The zero-order valence-electron chi connectivity index (χ0n) is 17.1. The highest BCUT2D eigenvalue weighted by Crippen LogP contribution is 2.33. The Morgan fingerprint density at radius 2 is 1.86 bits per heavy atom. The zero-order valence-corrected chi connectivity index (χ0v) is 19.4. The fraction of sp³-hybridized carbons (Fsp3) is 0.429. The predicted molar refractivity (Wildman–Crippen MR) is 124 cm³/mol. The molecule has 0 amide bonds. The number of nitrogens with zero attached hydrogens (tertiary/aromatic N) is 3. The molecule has 158 valence electrons. The van der Waals surface area contributed by atoms with Gasteiger partial charge < -0.3 is 24.8 Å². The van der Waals surface area contributed by atoms with Crippen molar-refractivity contribution in [1.29, 1.82) is 0 Å². The minimum absolute atomic E-state index is 0. The summed E-state index contributed by atoms with van der Waals surface area (Å²) in [6.45, 7) is 4.67. The van der Waals surface area contributed by atoms with Crippen molar-refractivity contribution in [3.8, 4) is 11.5 Å². The van der Waals surface area contributed by atoms with Gasteiger partial charge >= 0.3 is 0 Å². The topological polar surface area (TPSA) is 79.2 Å². The van der Waals surface area contributed by atoms with Crippen molar-refractivity contribution >= 4 is 29.9 Å². The number of benzene rings is 1. The van der Waals surface area contributed by atoms with Gasteiger partial charge in [-0.3, -0.25) is 9.98 Å². The van der Waals surface area contributed by atoms with E-state index in [0.717, 1.165) is 49.1 Å². The van der Waals surface area contributed by atoms with Gasteiger partial charge in [0.2, 0.25) is 0 Å². The van der Waals surface area contributed by atoms with Gasteiger partial charge in [-0.15, -0.1) is 24.0 Å². The fourth-order valence-corrected chi connectivity index (χ4v) is 3.35. The number of aliphatic hydroxyl groups excluding tert-OH is 1. The number of halogens is 1. The standard InChI is InChI=1S/C21H28N4O3.HI/c1-4-23-21(24-13-18(26)15-5-8-22-9-6-15)25-10-7-16-11-19(27-2)20(28-3)12-17(16)14-25;/h5-6,8-9,11-12,18,26H,4,7,10,13-14H2,1-3H3,(H,23,24);1H. The van der Waals surface area contributed by atoms with E-state index in [9.17, 15) is 5.11 Å². The van der Waals surface area contributed by atoms with Crippen LogP contribution < -0.4 is 14.8 Å². The van der Waals surface area contributed by atoms with Crippen LogP contribution in [0.5, 0.6) is 11.5 Å². The van der Waals surface area contributed by atoms with Gasteiger partial charge in [-0.05, 0) is 54.3 Å². The van der Waals surface area contributed by atoms with Crippen molar-refractivity contribution in [3.63, 3.8) is 0 Å². The summed E-state index contributed by atoms with van der Waals surface area (Å²) >= 11 is 0. The summed E-state index contributed by atoms with van der Waals surface area (Å²) in [6, 6.07) is 7.71. The number of aliphatic imine (C=N–C) groups is 1. The second kappa shape index (κ2) is 11.2. The molecule has 0 aliphatic carbocycles. The third-order valence-corrected chi connectivity index (χ3v) is 4.86. The number of guanidine groups is 1. The largest absolute Gasteiger partial charge is 0.493 e. The van der Waals surface area contributed by atoms with Crippen LogP contribution in [0.3, 0.4) is 0 Å². The number of methoxy groups -OCH3 is 2. The van der Waals surface area contributed by atoms with Crippen LogP contribution in [0.2, 0.25) is 0 Å². The van der Waals surface area contributed by atoms with E-state index < -0.39 is 6.10 Å². The van der Waals surface area contributed by atoms with E-state index in [1.165, 1.54) is 11.1 Å².